The number of aliphatic hydroxyl groups is 3. The molecule has 0 spiro atoms. The van der Waals surface area contributed by atoms with Gasteiger partial charge in [0, 0.05) is 6.42 Å². The summed E-state index contributed by atoms with van der Waals surface area (Å²) in [5.74, 6) is 9.24. The predicted octanol–water partition coefficient (Wildman–Crippen LogP) is 19.4. The van der Waals surface area contributed by atoms with Gasteiger partial charge in [-0.15, -0.1) is 0 Å². The third-order valence-corrected chi connectivity index (χ3v) is 25.1. The smallest absolute Gasteiger partial charge is 0.249 e. The van der Waals surface area contributed by atoms with E-state index in [9.17, 15) is 24.1 Å². The van der Waals surface area contributed by atoms with E-state index in [1.165, 1.54) is 135 Å². The Kier molecular flexibility index (Phi) is 20.7. The average molecular weight is 1060 g/mol. The Balaban J connectivity index is 0.788. The molecule has 11 unspecified atom stereocenters. The van der Waals surface area contributed by atoms with Gasteiger partial charge in [0.2, 0.25) is 5.92 Å². The molecule has 0 heterocycles. The monoisotopic (exact) mass is 1060 g/mol. The van der Waals surface area contributed by atoms with Crippen LogP contribution in [-0.2, 0) is 0 Å². The van der Waals surface area contributed by atoms with E-state index in [2.05, 4.69) is 74.6 Å². The second kappa shape index (κ2) is 25.9. The molecule has 0 amide bonds. The highest BCUT2D eigenvalue weighted by Crippen LogP contribution is 2.68. The summed E-state index contributed by atoms with van der Waals surface area (Å²) in [5.41, 5.74) is 3.85. The molecule has 3 N–H and O–H groups in total. The Bertz CT molecular complexity index is 1910. The minimum atomic E-state index is -2.72. The summed E-state index contributed by atoms with van der Waals surface area (Å²) in [6.07, 6.45) is 37.1. The lowest BCUT2D eigenvalue weighted by Crippen LogP contribution is -2.45. The van der Waals surface area contributed by atoms with E-state index in [0.29, 0.717) is 65.6 Å². The molecule has 0 aliphatic heterocycles. The molecule has 0 saturated heterocycles. The number of rotatable bonds is 22. The van der Waals surface area contributed by atoms with Gasteiger partial charge in [-0.05, 0) is 290 Å². The molecule has 8 fully saturated rings. The first-order valence-electron chi connectivity index (χ1n) is 33.1. The van der Waals surface area contributed by atoms with E-state index in [-0.39, 0.29) is 17.8 Å². The van der Waals surface area contributed by atoms with Crippen LogP contribution in [0.2, 0.25) is 0 Å². The topological polar surface area (TPSA) is 60.7 Å². The van der Waals surface area contributed by atoms with Crippen molar-refractivity contribution in [2.45, 2.75) is 280 Å². The number of hydrogen-bond acceptors (Lipinski definition) is 3. The largest absolute Gasteiger partial charge is 0.389 e. The van der Waals surface area contributed by atoms with Crippen molar-refractivity contribution in [3.05, 3.63) is 47.6 Å². The van der Waals surface area contributed by atoms with E-state index in [1.54, 1.807) is 0 Å². The predicted molar refractivity (Wildman–Crippen MR) is 316 cm³/mol. The minimum Gasteiger partial charge on any atom is -0.389 e. The first kappa shape index (κ1) is 60.8. The Morgan fingerprint density at radius 1 is 0.605 bits per heavy atom. The van der Waals surface area contributed by atoms with Gasteiger partial charge in [-0.25, -0.2) is 8.78 Å². The van der Waals surface area contributed by atoms with Gasteiger partial charge >= 0.3 is 0 Å². The number of alkyl halides is 2. The lowest BCUT2D eigenvalue weighted by Gasteiger charge is -2.51. The summed E-state index contributed by atoms with van der Waals surface area (Å²) in [6, 6.07) is 0. The SMILES string of the molecule is C=C(CC(C)(C)CC(=CC)C(O)C(O)C(=CC)C1CCC(C2CCC(C3CCCCC3)CC2)CC1)C(O)CC1CCC(C2CC2C2CC(C(C)C3(C4CCC(C(C)C)CC4)CC3)C(C)C(C(=C)CC(C)(F)F)C2C)CC1. The van der Waals surface area contributed by atoms with Gasteiger partial charge in [-0.3, -0.25) is 0 Å². The van der Waals surface area contributed by atoms with Gasteiger partial charge in [0.25, 0.3) is 0 Å². The molecule has 434 valence electrons. The first-order valence-corrected chi connectivity index (χ1v) is 33.1. The first-order chi connectivity index (χ1) is 36.0. The Morgan fingerprint density at radius 3 is 1.68 bits per heavy atom. The van der Waals surface area contributed by atoms with Crippen LogP contribution in [0.4, 0.5) is 8.78 Å². The van der Waals surface area contributed by atoms with E-state index < -0.39 is 24.2 Å². The number of halogens is 2. The summed E-state index contributed by atoms with van der Waals surface area (Å²) >= 11 is 0. The molecular formula is C71H118F2O3. The molecule has 8 saturated carbocycles. The molecule has 5 heteroatoms. The fourth-order valence-corrected chi connectivity index (χ4v) is 20.4. The van der Waals surface area contributed by atoms with Crippen LogP contribution in [0.3, 0.4) is 0 Å². The molecule has 76 heavy (non-hydrogen) atoms. The normalized spacial score (nSPS) is 38.8. The third-order valence-electron chi connectivity index (χ3n) is 25.1. The van der Waals surface area contributed by atoms with Crippen molar-refractivity contribution >= 4 is 0 Å². The number of hydrogen-bond donors (Lipinski definition) is 3. The van der Waals surface area contributed by atoms with Crippen LogP contribution in [0.5, 0.6) is 0 Å². The second-order valence-corrected chi connectivity index (χ2v) is 30.6. The van der Waals surface area contributed by atoms with Crippen LogP contribution in [0.15, 0.2) is 47.6 Å². The van der Waals surface area contributed by atoms with Crippen molar-refractivity contribution in [2.24, 2.45) is 117 Å². The minimum absolute atomic E-state index is 0.165. The van der Waals surface area contributed by atoms with Crippen LogP contribution >= 0.6 is 0 Å². The Hall–Kier alpha value is -1.30. The molecule has 8 aliphatic rings. The highest BCUT2D eigenvalue weighted by Gasteiger charge is 2.60. The average Bonchev–Trinajstić information content (AvgIpc) is 4.35. The second-order valence-electron chi connectivity index (χ2n) is 30.6. The lowest BCUT2D eigenvalue weighted by molar-refractivity contribution is -0.0201. The summed E-state index contributed by atoms with van der Waals surface area (Å²) < 4.78 is 29.5. The zero-order chi connectivity index (χ0) is 54.9. The van der Waals surface area contributed by atoms with E-state index in [1.807, 2.05) is 13.0 Å². The lowest BCUT2D eigenvalue weighted by atomic mass is 9.53. The maximum Gasteiger partial charge on any atom is 0.249 e. The Morgan fingerprint density at radius 2 is 1.16 bits per heavy atom. The molecule has 0 bridgehead atoms. The summed E-state index contributed by atoms with van der Waals surface area (Å²) in [7, 11) is 0. The maximum atomic E-state index is 14.7. The molecule has 3 nitrogen and oxygen atoms in total. The van der Waals surface area contributed by atoms with Gasteiger partial charge in [-0.1, -0.05) is 124 Å². The van der Waals surface area contributed by atoms with Crippen LogP contribution < -0.4 is 0 Å². The zero-order valence-corrected chi connectivity index (χ0v) is 50.8. The third kappa shape index (κ3) is 14.5. The van der Waals surface area contributed by atoms with Gasteiger partial charge in [0.1, 0.15) is 12.2 Å². The summed E-state index contributed by atoms with van der Waals surface area (Å²) in [6.45, 7) is 30.8. The van der Waals surface area contributed by atoms with E-state index >= 15 is 0 Å². The molecule has 11 atom stereocenters. The van der Waals surface area contributed by atoms with Crippen molar-refractivity contribution in [2.75, 3.05) is 0 Å². The highest BCUT2D eigenvalue weighted by molar-refractivity contribution is 5.23. The highest BCUT2D eigenvalue weighted by atomic mass is 19.3. The van der Waals surface area contributed by atoms with Crippen molar-refractivity contribution in [3.63, 3.8) is 0 Å². The molecule has 8 aliphatic carbocycles. The van der Waals surface area contributed by atoms with Crippen LogP contribution in [0.25, 0.3) is 0 Å². The van der Waals surface area contributed by atoms with Gasteiger partial charge < -0.3 is 15.3 Å². The molecule has 0 radical (unpaired) electrons. The number of aliphatic hydroxyl groups excluding tert-OH is 3. The molecule has 0 aromatic heterocycles. The fraction of sp³-hybridized carbons (Fsp3) is 0.887. The molecule has 0 aromatic carbocycles. The molecule has 0 aromatic rings. The fourth-order valence-electron chi connectivity index (χ4n) is 20.4. The van der Waals surface area contributed by atoms with E-state index in [0.717, 1.165) is 115 Å². The molecule has 8 rings (SSSR count). The van der Waals surface area contributed by atoms with Crippen molar-refractivity contribution in [3.8, 4) is 0 Å². The zero-order valence-electron chi connectivity index (χ0n) is 50.8. The summed E-state index contributed by atoms with van der Waals surface area (Å²) in [4.78, 5) is 0. The quantitative estimate of drug-likeness (QED) is 0.0947. The van der Waals surface area contributed by atoms with Crippen LogP contribution in [0.1, 0.15) is 255 Å². The van der Waals surface area contributed by atoms with Crippen LogP contribution in [0, 0.1) is 117 Å². The van der Waals surface area contributed by atoms with Crippen molar-refractivity contribution in [1.82, 2.24) is 0 Å². The van der Waals surface area contributed by atoms with Crippen molar-refractivity contribution in [1.29, 1.82) is 0 Å². The van der Waals surface area contributed by atoms with Gasteiger partial charge in [0.15, 0.2) is 0 Å². The van der Waals surface area contributed by atoms with Gasteiger partial charge in [0.05, 0.1) is 6.10 Å². The number of allylic oxidation sites excluding steroid dienone is 3. The molecular weight excluding hydrogens is 939 g/mol. The maximum absolute atomic E-state index is 14.7. The van der Waals surface area contributed by atoms with E-state index in [4.69, 9.17) is 0 Å². The standard InChI is InChI=1S/C71H118F2O3/c1-13-51(67(75)68(76)60(14-2)57-30-28-56(29-31-57)55-26-24-54(25-27-55)53-18-16-15-17-19-53)43-69(10,11)41-45(5)65(74)38-50-20-22-58(23-21-50)63-40-64(63)62-39-61(47(7)66(48(62)8)46(6)42-70(12,72)73)49(9)71(36-37-71)59-34-32-52(33-35-59)44(3)4/h13-14,44,47-50,52-59,61-68,74-76H,5-6,15-43H2,1-4,7-12H3. The van der Waals surface area contributed by atoms with Gasteiger partial charge in [-0.2, -0.15) is 0 Å². The van der Waals surface area contributed by atoms with Crippen LogP contribution in [-0.4, -0.2) is 39.6 Å². The summed E-state index contributed by atoms with van der Waals surface area (Å²) in [5, 5.41) is 35.4. The Labute approximate surface area is 466 Å². The van der Waals surface area contributed by atoms with Crippen molar-refractivity contribution < 1.29 is 24.1 Å².